The molecule has 0 unspecified atom stereocenters. The van der Waals surface area contributed by atoms with Gasteiger partial charge >= 0.3 is 0 Å². The summed E-state index contributed by atoms with van der Waals surface area (Å²) in [5.74, 6) is -0.728. The molecule has 3 N–H and O–H groups in total. The maximum atomic E-state index is 10.9. The van der Waals surface area contributed by atoms with Gasteiger partial charge < -0.3 is 11.1 Å². The van der Waals surface area contributed by atoms with Gasteiger partial charge in [-0.3, -0.25) is 9.59 Å². The molecule has 0 atom stereocenters. The Labute approximate surface area is 87.8 Å². The van der Waals surface area contributed by atoms with Gasteiger partial charge in [0.2, 0.25) is 5.78 Å². The van der Waals surface area contributed by atoms with Crippen LogP contribution in [-0.2, 0) is 9.59 Å². The summed E-state index contributed by atoms with van der Waals surface area (Å²) in [5, 5.41) is 2.61. The molecule has 0 saturated heterocycles. The third kappa shape index (κ3) is 5.36. The van der Waals surface area contributed by atoms with Crippen LogP contribution in [0.1, 0.15) is 13.3 Å². The number of nitrogens with one attached hydrogen (secondary N) is 1. The van der Waals surface area contributed by atoms with E-state index in [4.69, 9.17) is 18.0 Å². The molecule has 0 aromatic carbocycles. The summed E-state index contributed by atoms with van der Waals surface area (Å²) in [7, 11) is 1.63. The van der Waals surface area contributed by atoms with Crippen molar-refractivity contribution < 1.29 is 9.59 Å². The highest BCUT2D eigenvalue weighted by molar-refractivity contribution is 7.80. The minimum Gasteiger partial charge on any atom is -0.370 e. The van der Waals surface area contributed by atoms with Gasteiger partial charge in [0.25, 0.3) is 0 Å². The van der Waals surface area contributed by atoms with E-state index < -0.39 is 11.6 Å². The number of hydrogen-bond donors (Lipinski definition) is 2. The fourth-order valence-corrected chi connectivity index (χ4v) is 0.808. The first-order valence-electron chi connectivity index (χ1n) is 4.00. The number of nitrogens with two attached hydrogens (primary N) is 1. The molecule has 0 radical (unpaired) electrons. The molecule has 0 fully saturated rings. The number of hydrogen-bond acceptors (Lipinski definition) is 4. The number of thiocarbonyl (C=S) groups is 1. The summed E-state index contributed by atoms with van der Waals surface area (Å²) < 4.78 is 0. The zero-order chi connectivity index (χ0) is 11.1. The minimum atomic E-state index is -0.492. The van der Waals surface area contributed by atoms with Crippen molar-refractivity contribution in [3.63, 3.8) is 0 Å². The molecule has 0 rings (SSSR count). The van der Waals surface area contributed by atoms with Crippen molar-refractivity contribution in [2.24, 2.45) is 10.7 Å². The van der Waals surface area contributed by atoms with Crippen molar-refractivity contribution in [3.05, 3.63) is 0 Å². The number of guanidine groups is 1. The van der Waals surface area contributed by atoms with E-state index in [-0.39, 0.29) is 18.9 Å². The lowest BCUT2D eigenvalue weighted by molar-refractivity contribution is -0.134. The normalized spacial score (nSPS) is 10.9. The molecule has 6 heteroatoms. The van der Waals surface area contributed by atoms with Crippen molar-refractivity contribution in [3.8, 4) is 0 Å². The molecule has 0 aliphatic carbocycles. The molecule has 0 aliphatic heterocycles. The predicted molar refractivity (Wildman–Crippen MR) is 58.5 cm³/mol. The van der Waals surface area contributed by atoms with E-state index >= 15 is 0 Å². The van der Waals surface area contributed by atoms with Crippen LogP contribution in [0.5, 0.6) is 0 Å². The highest BCUT2D eigenvalue weighted by Gasteiger charge is 2.10. The van der Waals surface area contributed by atoms with Crippen LogP contribution in [0.3, 0.4) is 0 Å². The Kier molecular flexibility index (Phi) is 5.62. The number of carbonyl (C=O) groups excluding carboxylic acids is 2. The number of aliphatic imine (C=N–C) groups is 1. The van der Waals surface area contributed by atoms with E-state index in [2.05, 4.69) is 10.3 Å². The first kappa shape index (κ1) is 12.7. The van der Waals surface area contributed by atoms with Gasteiger partial charge in [-0.1, -0.05) is 12.2 Å². The van der Waals surface area contributed by atoms with Gasteiger partial charge in [-0.25, -0.2) is 4.99 Å². The van der Waals surface area contributed by atoms with E-state index in [1.54, 1.807) is 7.05 Å². The zero-order valence-electron chi connectivity index (χ0n) is 8.16. The summed E-state index contributed by atoms with van der Waals surface area (Å²) in [5.41, 5.74) is 5.34. The molecule has 0 aromatic rings. The number of ketones is 2. The second-order valence-corrected chi connectivity index (χ2v) is 3.22. The highest BCUT2D eigenvalue weighted by Crippen LogP contribution is 1.91. The number of rotatable bonds is 5. The third-order valence-electron chi connectivity index (χ3n) is 1.43. The van der Waals surface area contributed by atoms with Gasteiger partial charge in [-0.05, 0) is 0 Å². The second-order valence-electron chi connectivity index (χ2n) is 2.65. The van der Waals surface area contributed by atoms with Crippen LogP contribution < -0.4 is 11.1 Å². The van der Waals surface area contributed by atoms with Crippen LogP contribution in [0.4, 0.5) is 0 Å². The van der Waals surface area contributed by atoms with Gasteiger partial charge in [-0.2, -0.15) is 0 Å². The average molecular weight is 215 g/mol. The third-order valence-corrected chi connectivity index (χ3v) is 1.71. The standard InChI is InChI=1S/C8H13N3O2S/c1-5(12)7(13)3-6(14)4-11-8(9)10-2/h3-4H2,1-2H3,(H3,9,10,11). The van der Waals surface area contributed by atoms with Crippen LogP contribution in [0, 0.1) is 0 Å². The van der Waals surface area contributed by atoms with Crippen LogP contribution in [0.25, 0.3) is 0 Å². The maximum Gasteiger partial charge on any atom is 0.203 e. The van der Waals surface area contributed by atoms with Crippen LogP contribution in [0.15, 0.2) is 4.99 Å². The number of Topliss-reactive ketones (excluding diaryl/α,β-unsaturated/α-hetero) is 2. The monoisotopic (exact) mass is 215 g/mol. The Morgan fingerprint density at radius 1 is 1.50 bits per heavy atom. The van der Waals surface area contributed by atoms with Crippen molar-refractivity contribution in [2.45, 2.75) is 13.3 Å². The van der Waals surface area contributed by atoms with Gasteiger partial charge in [0.05, 0.1) is 6.54 Å². The SMILES string of the molecule is CNC(N)=NCC(=S)CC(=O)C(C)=O. The van der Waals surface area contributed by atoms with Crippen molar-refractivity contribution in [2.75, 3.05) is 13.6 Å². The Balaban J connectivity index is 4.00. The van der Waals surface area contributed by atoms with Crippen LogP contribution in [0.2, 0.25) is 0 Å². The van der Waals surface area contributed by atoms with Gasteiger partial charge in [-0.15, -0.1) is 0 Å². The lowest BCUT2D eigenvalue weighted by Gasteiger charge is -1.99. The predicted octanol–water partition coefficient (Wildman–Crippen LogP) is -0.561. The first-order valence-corrected chi connectivity index (χ1v) is 4.41. The zero-order valence-corrected chi connectivity index (χ0v) is 8.98. The van der Waals surface area contributed by atoms with Crippen molar-refractivity contribution in [1.29, 1.82) is 0 Å². The summed E-state index contributed by atoms with van der Waals surface area (Å²) in [6, 6.07) is 0. The molecular formula is C8H13N3O2S. The molecule has 0 spiro atoms. The van der Waals surface area contributed by atoms with Gasteiger partial charge in [0, 0.05) is 25.3 Å². The van der Waals surface area contributed by atoms with E-state index in [0.29, 0.717) is 4.86 Å². The van der Waals surface area contributed by atoms with E-state index in [1.165, 1.54) is 6.92 Å². The quantitative estimate of drug-likeness (QED) is 0.278. The van der Waals surface area contributed by atoms with E-state index in [1.807, 2.05) is 0 Å². The molecule has 0 aliphatic rings. The molecule has 14 heavy (non-hydrogen) atoms. The summed E-state index contributed by atoms with van der Waals surface area (Å²) in [6.07, 6.45) is -0.0365. The summed E-state index contributed by atoms with van der Waals surface area (Å²) in [6.45, 7) is 1.40. The molecule has 5 nitrogen and oxygen atoms in total. The molecule has 0 amide bonds. The van der Waals surface area contributed by atoms with E-state index in [9.17, 15) is 9.59 Å². The maximum absolute atomic E-state index is 10.9. The van der Waals surface area contributed by atoms with Crippen LogP contribution in [-0.4, -0.2) is 36.0 Å². The minimum absolute atomic E-state index is 0.0365. The van der Waals surface area contributed by atoms with Crippen molar-refractivity contribution >= 4 is 34.6 Å². The lowest BCUT2D eigenvalue weighted by Crippen LogP contribution is -2.28. The summed E-state index contributed by atoms with van der Waals surface area (Å²) >= 11 is 4.85. The molecule has 0 heterocycles. The number of carbonyl (C=O) groups is 2. The summed E-state index contributed by atoms with van der Waals surface area (Å²) in [4.78, 5) is 25.8. The van der Waals surface area contributed by atoms with Crippen molar-refractivity contribution in [1.82, 2.24) is 5.32 Å². The van der Waals surface area contributed by atoms with E-state index in [0.717, 1.165) is 0 Å². The Bertz CT molecular complexity index is 286. The first-order chi connectivity index (χ1) is 6.47. The topological polar surface area (TPSA) is 84.5 Å². The van der Waals surface area contributed by atoms with Gasteiger partial charge in [0.15, 0.2) is 11.7 Å². The number of nitrogens with zero attached hydrogens (tertiary/aromatic N) is 1. The Hall–Kier alpha value is -1.30. The molecule has 78 valence electrons. The highest BCUT2D eigenvalue weighted by atomic mass is 32.1. The fraction of sp³-hybridized carbons (Fsp3) is 0.500. The van der Waals surface area contributed by atoms with Crippen LogP contribution >= 0.6 is 12.2 Å². The second kappa shape index (κ2) is 6.20. The molecular weight excluding hydrogens is 202 g/mol. The van der Waals surface area contributed by atoms with Gasteiger partial charge in [0.1, 0.15) is 0 Å². The largest absolute Gasteiger partial charge is 0.370 e. The average Bonchev–Trinajstić information content (AvgIpc) is 2.13. The Morgan fingerprint density at radius 3 is 2.50 bits per heavy atom. The smallest absolute Gasteiger partial charge is 0.203 e. The molecule has 0 saturated carbocycles. The lowest BCUT2D eigenvalue weighted by atomic mass is 10.1. The molecule has 0 bridgehead atoms. The fourth-order valence-electron chi connectivity index (χ4n) is 0.612. The Morgan fingerprint density at radius 2 is 2.07 bits per heavy atom. The molecule has 0 aromatic heterocycles.